The lowest BCUT2D eigenvalue weighted by Crippen LogP contribution is -2.53. The normalized spacial score (nSPS) is 28.1. The maximum Gasteiger partial charge on any atom is 0.317 e. The molecule has 0 aromatic carbocycles. The summed E-state index contributed by atoms with van der Waals surface area (Å²) in [6.07, 6.45) is 4.62. The molecule has 2 fully saturated rings. The van der Waals surface area contributed by atoms with Gasteiger partial charge >= 0.3 is 12.0 Å². The molecule has 0 spiro atoms. The third-order valence-electron chi connectivity index (χ3n) is 5.27. The number of hydrogen-bond donors (Lipinski definition) is 2. The van der Waals surface area contributed by atoms with Crippen LogP contribution in [0.3, 0.4) is 0 Å². The Morgan fingerprint density at radius 1 is 1.29 bits per heavy atom. The highest BCUT2D eigenvalue weighted by Crippen LogP contribution is 2.33. The van der Waals surface area contributed by atoms with E-state index in [1.54, 1.807) is 4.90 Å². The molecule has 0 bridgehead atoms. The molecule has 1 saturated carbocycles. The minimum absolute atomic E-state index is 0.0162. The molecule has 0 radical (unpaired) electrons. The van der Waals surface area contributed by atoms with Gasteiger partial charge in [-0.3, -0.25) is 4.79 Å². The van der Waals surface area contributed by atoms with Crippen LogP contribution in [0.5, 0.6) is 0 Å². The Bertz CT molecular complexity index is 405. The first-order valence-electron chi connectivity index (χ1n) is 7.79. The summed E-state index contributed by atoms with van der Waals surface area (Å²) in [5, 5.41) is 12.2. The highest BCUT2D eigenvalue weighted by atomic mass is 16.4. The molecular weight excluding hydrogens is 270 g/mol. The summed E-state index contributed by atoms with van der Waals surface area (Å²) in [4.78, 5) is 27.3. The van der Waals surface area contributed by atoms with Crippen molar-refractivity contribution in [2.24, 2.45) is 11.8 Å². The summed E-state index contributed by atoms with van der Waals surface area (Å²) < 4.78 is 0. The fourth-order valence-corrected chi connectivity index (χ4v) is 3.62. The average Bonchev–Trinajstić information content (AvgIpc) is 3.03. The second kappa shape index (κ2) is 6.22. The number of hydrogen-bond acceptors (Lipinski definition) is 3. The first-order valence-corrected chi connectivity index (χ1v) is 7.79. The van der Waals surface area contributed by atoms with E-state index in [2.05, 4.69) is 24.3 Å². The minimum atomic E-state index is -0.807. The van der Waals surface area contributed by atoms with Crippen molar-refractivity contribution < 1.29 is 14.7 Å². The van der Waals surface area contributed by atoms with Crippen molar-refractivity contribution in [3.63, 3.8) is 0 Å². The molecule has 2 aliphatic rings. The number of carbonyl (C=O) groups excluding carboxylic acids is 1. The van der Waals surface area contributed by atoms with Gasteiger partial charge in [0.25, 0.3) is 0 Å². The number of aliphatic carboxylic acids is 1. The Hall–Kier alpha value is -1.30. The quantitative estimate of drug-likeness (QED) is 0.818. The molecule has 2 N–H and O–H groups in total. The molecule has 1 saturated heterocycles. The Balaban J connectivity index is 1.89. The summed E-state index contributed by atoms with van der Waals surface area (Å²) in [6.45, 7) is 3.38. The first kappa shape index (κ1) is 16.1. The van der Waals surface area contributed by atoms with Crippen molar-refractivity contribution in [2.45, 2.75) is 38.1 Å². The summed E-state index contributed by atoms with van der Waals surface area (Å²) in [5.74, 6) is -1.23. The predicted molar refractivity (Wildman–Crippen MR) is 80.1 cm³/mol. The highest BCUT2D eigenvalue weighted by molar-refractivity contribution is 5.77. The molecule has 0 aromatic heterocycles. The zero-order valence-corrected chi connectivity index (χ0v) is 13.3. The maximum atomic E-state index is 12.3. The Morgan fingerprint density at radius 2 is 1.90 bits per heavy atom. The Kier molecular flexibility index (Phi) is 4.76. The van der Waals surface area contributed by atoms with Gasteiger partial charge in [-0.2, -0.15) is 0 Å². The molecule has 2 amide bonds. The second-order valence-corrected chi connectivity index (χ2v) is 6.81. The fraction of sp³-hybridized carbons (Fsp3) is 0.867. The van der Waals surface area contributed by atoms with E-state index in [-0.39, 0.29) is 17.5 Å². The number of likely N-dealkylation sites (N-methyl/N-ethyl adjacent to an activating group) is 1. The van der Waals surface area contributed by atoms with Crippen LogP contribution in [0, 0.1) is 11.8 Å². The second-order valence-electron chi connectivity index (χ2n) is 6.81. The van der Waals surface area contributed by atoms with Gasteiger partial charge in [0.05, 0.1) is 5.92 Å². The maximum absolute atomic E-state index is 12.3. The van der Waals surface area contributed by atoms with Crippen LogP contribution in [0.2, 0.25) is 0 Å². The number of nitrogens with zero attached hydrogens (tertiary/aromatic N) is 2. The van der Waals surface area contributed by atoms with Crippen molar-refractivity contribution in [3.8, 4) is 0 Å². The van der Waals surface area contributed by atoms with Gasteiger partial charge in [-0.05, 0) is 32.9 Å². The van der Waals surface area contributed by atoms with Gasteiger partial charge in [0.1, 0.15) is 0 Å². The molecular formula is C15H27N3O3. The molecule has 2 atom stereocenters. The summed E-state index contributed by atoms with van der Waals surface area (Å²) in [7, 11) is 4.13. The Labute approximate surface area is 126 Å². The van der Waals surface area contributed by atoms with Crippen molar-refractivity contribution in [1.29, 1.82) is 0 Å². The van der Waals surface area contributed by atoms with Crippen molar-refractivity contribution >= 4 is 12.0 Å². The smallest absolute Gasteiger partial charge is 0.317 e. The zero-order chi connectivity index (χ0) is 15.6. The zero-order valence-electron chi connectivity index (χ0n) is 13.3. The molecule has 6 nitrogen and oxygen atoms in total. The predicted octanol–water partition coefficient (Wildman–Crippen LogP) is 1.22. The van der Waals surface area contributed by atoms with Crippen LogP contribution in [-0.4, -0.2) is 66.2 Å². The van der Waals surface area contributed by atoms with E-state index < -0.39 is 11.9 Å². The molecule has 6 heteroatoms. The molecule has 21 heavy (non-hydrogen) atoms. The molecule has 1 aliphatic heterocycles. The van der Waals surface area contributed by atoms with Crippen LogP contribution >= 0.6 is 0 Å². The van der Waals surface area contributed by atoms with Gasteiger partial charge in [0.2, 0.25) is 0 Å². The molecule has 2 rings (SSSR count). The van der Waals surface area contributed by atoms with Crippen molar-refractivity contribution in [2.75, 3.05) is 33.7 Å². The number of nitrogens with one attached hydrogen (secondary N) is 1. The molecule has 1 aliphatic carbocycles. The number of carboxylic acid groups (broad SMARTS) is 1. The fourth-order valence-electron chi connectivity index (χ4n) is 3.62. The van der Waals surface area contributed by atoms with Gasteiger partial charge in [-0.25, -0.2) is 4.79 Å². The van der Waals surface area contributed by atoms with E-state index in [4.69, 9.17) is 5.11 Å². The third kappa shape index (κ3) is 3.31. The lowest BCUT2D eigenvalue weighted by atomic mass is 9.96. The van der Waals surface area contributed by atoms with E-state index >= 15 is 0 Å². The van der Waals surface area contributed by atoms with Crippen molar-refractivity contribution in [1.82, 2.24) is 15.1 Å². The van der Waals surface area contributed by atoms with E-state index in [9.17, 15) is 9.59 Å². The van der Waals surface area contributed by atoms with Crippen LogP contribution in [0.1, 0.15) is 32.6 Å². The largest absolute Gasteiger partial charge is 0.481 e. The average molecular weight is 297 g/mol. The lowest BCUT2D eigenvalue weighted by molar-refractivity contribution is -0.142. The number of urea groups is 1. The molecule has 0 aromatic rings. The van der Waals surface area contributed by atoms with E-state index in [1.807, 2.05) is 6.92 Å². The van der Waals surface area contributed by atoms with E-state index in [0.717, 1.165) is 12.8 Å². The summed E-state index contributed by atoms with van der Waals surface area (Å²) in [6, 6.07) is -0.126. The topological polar surface area (TPSA) is 72.9 Å². The lowest BCUT2D eigenvalue weighted by Gasteiger charge is -2.37. The van der Waals surface area contributed by atoms with Crippen LogP contribution < -0.4 is 5.32 Å². The van der Waals surface area contributed by atoms with Crippen molar-refractivity contribution in [3.05, 3.63) is 0 Å². The van der Waals surface area contributed by atoms with E-state index in [1.165, 1.54) is 12.8 Å². The number of carboxylic acids is 1. The van der Waals surface area contributed by atoms with Gasteiger partial charge in [0.15, 0.2) is 0 Å². The Morgan fingerprint density at radius 3 is 2.38 bits per heavy atom. The van der Waals surface area contributed by atoms with Gasteiger partial charge < -0.3 is 20.2 Å². The molecule has 120 valence electrons. The standard InChI is InChI=1S/C15H27N3O3/c1-11-8-18(9-12(11)13(19)20)14(21)16-10-15(17(2)3)6-4-5-7-15/h11-12H,4-10H2,1-3H3,(H,16,21)(H,19,20)/t11-,12-/m1/s1. The molecule has 1 heterocycles. The van der Waals surface area contributed by atoms with E-state index in [0.29, 0.717) is 19.6 Å². The highest BCUT2D eigenvalue weighted by Gasteiger charge is 2.39. The SMILES string of the molecule is C[C@@H]1CN(C(=O)NCC2(N(C)C)CCCC2)C[C@H]1C(=O)O. The summed E-state index contributed by atoms with van der Waals surface area (Å²) in [5.41, 5.74) is 0.0627. The van der Waals surface area contributed by atoms with Gasteiger partial charge in [-0.15, -0.1) is 0 Å². The van der Waals surface area contributed by atoms with Crippen LogP contribution in [0.15, 0.2) is 0 Å². The molecule has 0 unspecified atom stereocenters. The number of rotatable bonds is 4. The number of likely N-dealkylation sites (tertiary alicyclic amines) is 1. The van der Waals surface area contributed by atoms with Crippen LogP contribution in [-0.2, 0) is 4.79 Å². The van der Waals surface area contributed by atoms with Crippen LogP contribution in [0.4, 0.5) is 4.79 Å². The number of carbonyl (C=O) groups is 2. The third-order valence-corrected chi connectivity index (χ3v) is 5.27. The first-order chi connectivity index (χ1) is 9.85. The number of amides is 2. The minimum Gasteiger partial charge on any atom is -0.481 e. The monoisotopic (exact) mass is 297 g/mol. The van der Waals surface area contributed by atoms with Gasteiger partial charge in [-0.1, -0.05) is 19.8 Å². The van der Waals surface area contributed by atoms with Gasteiger partial charge in [0, 0.05) is 25.2 Å². The van der Waals surface area contributed by atoms with Crippen LogP contribution in [0.25, 0.3) is 0 Å². The summed E-state index contributed by atoms with van der Waals surface area (Å²) >= 11 is 0.